The Morgan fingerprint density at radius 1 is 1.44 bits per heavy atom. The van der Waals surface area contributed by atoms with Crippen molar-refractivity contribution < 1.29 is 9.53 Å². The number of nitrogens with zero attached hydrogens (tertiary/aromatic N) is 2. The number of benzene rings is 1. The highest BCUT2D eigenvalue weighted by atomic mass is 32.1. The van der Waals surface area contributed by atoms with Gasteiger partial charge in [-0.3, -0.25) is 0 Å². The first-order chi connectivity index (χ1) is 8.72. The average molecular weight is 263 g/mol. The quantitative estimate of drug-likeness (QED) is 0.859. The van der Waals surface area contributed by atoms with Crippen molar-refractivity contribution in [1.82, 2.24) is 9.59 Å². The molecule has 0 saturated heterocycles. The van der Waals surface area contributed by atoms with Gasteiger partial charge >= 0.3 is 5.97 Å². The SMILES string of the molecule is CCOC(=O)c1nnsc1Nc1ccccc1C. The number of nitrogens with one attached hydrogen (secondary N) is 1. The fraction of sp³-hybridized carbons (Fsp3) is 0.250. The Morgan fingerprint density at radius 2 is 2.22 bits per heavy atom. The summed E-state index contributed by atoms with van der Waals surface area (Å²) in [5.41, 5.74) is 2.24. The Bertz CT molecular complexity index is 554. The number of aromatic nitrogens is 2. The lowest BCUT2D eigenvalue weighted by atomic mass is 10.2. The molecular formula is C12H13N3O2S. The molecule has 18 heavy (non-hydrogen) atoms. The van der Waals surface area contributed by atoms with Gasteiger partial charge < -0.3 is 10.1 Å². The van der Waals surface area contributed by atoms with Crippen LogP contribution in [-0.2, 0) is 4.74 Å². The molecule has 1 aromatic heterocycles. The van der Waals surface area contributed by atoms with Gasteiger partial charge in [0.1, 0.15) is 5.00 Å². The van der Waals surface area contributed by atoms with Crippen molar-refractivity contribution in [3.8, 4) is 0 Å². The first-order valence-corrected chi connectivity index (χ1v) is 6.32. The van der Waals surface area contributed by atoms with E-state index in [2.05, 4.69) is 14.9 Å². The monoisotopic (exact) mass is 263 g/mol. The van der Waals surface area contributed by atoms with Gasteiger partial charge in [0.2, 0.25) is 5.69 Å². The maximum absolute atomic E-state index is 11.6. The van der Waals surface area contributed by atoms with E-state index in [0.29, 0.717) is 11.6 Å². The smallest absolute Gasteiger partial charge is 0.362 e. The van der Waals surface area contributed by atoms with Crippen LogP contribution in [-0.4, -0.2) is 22.2 Å². The highest BCUT2D eigenvalue weighted by molar-refractivity contribution is 7.10. The van der Waals surface area contributed by atoms with Crippen molar-refractivity contribution in [2.45, 2.75) is 13.8 Å². The molecule has 0 radical (unpaired) electrons. The summed E-state index contributed by atoms with van der Waals surface area (Å²) >= 11 is 1.13. The van der Waals surface area contributed by atoms with Crippen molar-refractivity contribution in [3.05, 3.63) is 35.5 Å². The maximum Gasteiger partial charge on any atom is 0.362 e. The molecule has 0 aliphatic heterocycles. The van der Waals surface area contributed by atoms with Gasteiger partial charge in [0.15, 0.2) is 0 Å². The minimum Gasteiger partial charge on any atom is -0.461 e. The fourth-order valence-electron chi connectivity index (χ4n) is 1.44. The van der Waals surface area contributed by atoms with Crippen molar-refractivity contribution in [2.24, 2.45) is 0 Å². The number of esters is 1. The molecular weight excluding hydrogens is 250 g/mol. The average Bonchev–Trinajstić information content (AvgIpc) is 2.81. The predicted octanol–water partition coefficient (Wildman–Crippen LogP) is 2.77. The third-order valence-corrected chi connectivity index (χ3v) is 2.99. The highest BCUT2D eigenvalue weighted by Gasteiger charge is 2.18. The number of carbonyl (C=O) groups is 1. The molecule has 0 unspecified atom stereocenters. The summed E-state index contributed by atoms with van der Waals surface area (Å²) in [4.78, 5) is 11.6. The second-order valence-corrected chi connectivity index (χ2v) is 4.37. The van der Waals surface area contributed by atoms with E-state index in [1.807, 2.05) is 31.2 Å². The number of hydrogen-bond donors (Lipinski definition) is 1. The molecule has 1 aromatic carbocycles. The van der Waals surface area contributed by atoms with Crippen molar-refractivity contribution in [2.75, 3.05) is 11.9 Å². The Labute approximate surface area is 109 Å². The van der Waals surface area contributed by atoms with Gasteiger partial charge in [-0.2, -0.15) is 0 Å². The number of hydrogen-bond acceptors (Lipinski definition) is 6. The highest BCUT2D eigenvalue weighted by Crippen LogP contribution is 2.25. The second kappa shape index (κ2) is 5.59. The van der Waals surface area contributed by atoms with Gasteiger partial charge in [-0.1, -0.05) is 22.7 Å². The van der Waals surface area contributed by atoms with Crippen LogP contribution in [0, 0.1) is 6.92 Å². The number of carbonyl (C=O) groups excluding carboxylic acids is 1. The largest absolute Gasteiger partial charge is 0.461 e. The molecule has 0 fully saturated rings. The number of anilines is 2. The molecule has 0 bridgehead atoms. The van der Waals surface area contributed by atoms with E-state index in [1.165, 1.54) is 0 Å². The molecule has 0 aliphatic carbocycles. The number of para-hydroxylation sites is 1. The van der Waals surface area contributed by atoms with Crippen molar-refractivity contribution >= 4 is 28.2 Å². The topological polar surface area (TPSA) is 64.1 Å². The van der Waals surface area contributed by atoms with E-state index in [-0.39, 0.29) is 5.69 Å². The summed E-state index contributed by atoms with van der Waals surface area (Å²) in [6.07, 6.45) is 0. The van der Waals surface area contributed by atoms with Crippen LogP contribution in [0.2, 0.25) is 0 Å². The maximum atomic E-state index is 11.6. The summed E-state index contributed by atoms with van der Waals surface area (Å²) in [5, 5.41) is 7.54. The lowest BCUT2D eigenvalue weighted by Gasteiger charge is -2.07. The summed E-state index contributed by atoms with van der Waals surface area (Å²) in [6, 6.07) is 7.80. The van der Waals surface area contributed by atoms with Gasteiger partial charge in [0, 0.05) is 17.2 Å². The lowest BCUT2D eigenvalue weighted by Crippen LogP contribution is -2.07. The minimum atomic E-state index is -0.456. The molecule has 1 N–H and O–H groups in total. The predicted molar refractivity (Wildman–Crippen MR) is 70.3 cm³/mol. The van der Waals surface area contributed by atoms with Crippen LogP contribution in [0.5, 0.6) is 0 Å². The van der Waals surface area contributed by atoms with Crippen LogP contribution >= 0.6 is 11.5 Å². The van der Waals surface area contributed by atoms with E-state index in [1.54, 1.807) is 6.92 Å². The molecule has 5 nitrogen and oxygen atoms in total. The van der Waals surface area contributed by atoms with Crippen molar-refractivity contribution in [1.29, 1.82) is 0 Å². The molecule has 2 rings (SSSR count). The second-order valence-electron chi connectivity index (χ2n) is 3.61. The van der Waals surface area contributed by atoms with Crippen LogP contribution in [0.4, 0.5) is 10.7 Å². The number of rotatable bonds is 4. The molecule has 0 amide bonds. The molecule has 2 aromatic rings. The standard InChI is InChI=1S/C12H13N3O2S/c1-3-17-12(16)10-11(18-15-14-10)13-9-7-5-4-6-8(9)2/h4-7,13H,3H2,1-2H3. The zero-order valence-electron chi connectivity index (χ0n) is 10.1. The van der Waals surface area contributed by atoms with Crippen LogP contribution < -0.4 is 5.32 Å². The third-order valence-electron chi connectivity index (χ3n) is 2.35. The zero-order chi connectivity index (χ0) is 13.0. The molecule has 0 spiro atoms. The van der Waals surface area contributed by atoms with E-state index < -0.39 is 5.97 Å². The number of ether oxygens (including phenoxy) is 1. The minimum absolute atomic E-state index is 0.227. The first-order valence-electron chi connectivity index (χ1n) is 5.54. The summed E-state index contributed by atoms with van der Waals surface area (Å²) in [7, 11) is 0. The molecule has 0 aliphatic rings. The van der Waals surface area contributed by atoms with Gasteiger partial charge in [-0.05, 0) is 25.5 Å². The molecule has 1 heterocycles. The van der Waals surface area contributed by atoms with Crippen LogP contribution in [0.25, 0.3) is 0 Å². The fourth-order valence-corrected chi connectivity index (χ4v) is 2.01. The van der Waals surface area contributed by atoms with Gasteiger partial charge in [-0.15, -0.1) is 5.10 Å². The van der Waals surface area contributed by atoms with Crippen molar-refractivity contribution in [3.63, 3.8) is 0 Å². The molecule has 0 atom stereocenters. The third kappa shape index (κ3) is 2.65. The van der Waals surface area contributed by atoms with Crippen LogP contribution in [0.15, 0.2) is 24.3 Å². The Kier molecular flexibility index (Phi) is 3.88. The zero-order valence-corrected chi connectivity index (χ0v) is 11.0. The van der Waals surface area contributed by atoms with E-state index >= 15 is 0 Å². The molecule has 0 saturated carbocycles. The summed E-state index contributed by atoms with van der Waals surface area (Å²) in [6.45, 7) is 4.06. The Morgan fingerprint density at radius 3 is 2.94 bits per heavy atom. The first kappa shape index (κ1) is 12.5. The van der Waals surface area contributed by atoms with Crippen LogP contribution in [0.1, 0.15) is 23.0 Å². The Hall–Kier alpha value is -1.95. The summed E-state index contributed by atoms with van der Waals surface area (Å²) in [5.74, 6) is -0.456. The molecule has 6 heteroatoms. The lowest BCUT2D eigenvalue weighted by molar-refractivity contribution is 0.0520. The van der Waals surface area contributed by atoms with E-state index in [9.17, 15) is 4.79 Å². The van der Waals surface area contributed by atoms with E-state index in [4.69, 9.17) is 4.74 Å². The Balaban J connectivity index is 2.23. The normalized spacial score (nSPS) is 10.1. The van der Waals surface area contributed by atoms with Crippen LogP contribution in [0.3, 0.4) is 0 Å². The number of aryl methyl sites for hydroxylation is 1. The summed E-state index contributed by atoms with van der Waals surface area (Å²) < 4.78 is 8.70. The van der Waals surface area contributed by atoms with Gasteiger partial charge in [-0.25, -0.2) is 4.79 Å². The van der Waals surface area contributed by atoms with Gasteiger partial charge in [0.05, 0.1) is 6.61 Å². The van der Waals surface area contributed by atoms with E-state index in [0.717, 1.165) is 22.8 Å². The molecule has 94 valence electrons. The van der Waals surface area contributed by atoms with Gasteiger partial charge in [0.25, 0.3) is 0 Å².